The Morgan fingerprint density at radius 2 is 1.46 bits per heavy atom. The van der Waals surface area contributed by atoms with E-state index in [0.717, 1.165) is 35.2 Å². The molecule has 3 aromatic carbocycles. The number of imidazole rings is 1. The highest BCUT2D eigenvalue weighted by atomic mass is 127. The van der Waals surface area contributed by atoms with Gasteiger partial charge >= 0.3 is 0 Å². The molecule has 0 aliphatic heterocycles. The van der Waals surface area contributed by atoms with Crippen LogP contribution >= 0.6 is 45.2 Å². The normalized spacial score (nSPS) is 11.1. The maximum absolute atomic E-state index is 10.1. The number of fused-ring (bicyclic) bond motifs is 1. The third kappa shape index (κ3) is 2.69. The van der Waals surface area contributed by atoms with E-state index in [0.29, 0.717) is 5.75 Å². The van der Waals surface area contributed by atoms with Gasteiger partial charge in [-0.05, 0) is 81.6 Å². The van der Waals surface area contributed by atoms with E-state index in [-0.39, 0.29) is 0 Å². The van der Waals surface area contributed by atoms with Gasteiger partial charge in [-0.3, -0.25) is 4.57 Å². The second-order valence-electron chi connectivity index (χ2n) is 5.38. The lowest BCUT2D eigenvalue weighted by Gasteiger charge is -2.11. The molecule has 5 heteroatoms. The number of benzene rings is 3. The van der Waals surface area contributed by atoms with Gasteiger partial charge in [0.1, 0.15) is 11.6 Å². The first-order chi connectivity index (χ1) is 11.6. The minimum atomic E-state index is 0.322. The molecular weight excluding hydrogens is 526 g/mol. The van der Waals surface area contributed by atoms with Crippen LogP contribution in [-0.2, 0) is 0 Å². The van der Waals surface area contributed by atoms with Crippen LogP contribution in [0.3, 0.4) is 0 Å². The number of aromatic hydroxyl groups is 1. The Kier molecular flexibility index (Phi) is 4.21. The van der Waals surface area contributed by atoms with Crippen molar-refractivity contribution in [3.05, 3.63) is 73.9 Å². The molecule has 3 nitrogen and oxygen atoms in total. The molecule has 0 amide bonds. The molecule has 4 rings (SSSR count). The Bertz CT molecular complexity index is 1020. The van der Waals surface area contributed by atoms with Crippen molar-refractivity contribution >= 4 is 56.2 Å². The summed E-state index contributed by atoms with van der Waals surface area (Å²) < 4.78 is 3.80. The minimum Gasteiger partial charge on any atom is -0.506 e. The Labute approximate surface area is 166 Å². The van der Waals surface area contributed by atoms with E-state index in [2.05, 4.69) is 67.9 Å². The van der Waals surface area contributed by atoms with Gasteiger partial charge in [0, 0.05) is 11.3 Å². The molecule has 0 unspecified atom stereocenters. The third-order valence-electron chi connectivity index (χ3n) is 3.85. The predicted molar refractivity (Wildman–Crippen MR) is 114 cm³/mol. The average Bonchev–Trinajstić information content (AvgIpc) is 2.99. The molecule has 0 saturated heterocycles. The molecular formula is C19H12I2N2O. The summed E-state index contributed by atoms with van der Waals surface area (Å²) in [5.74, 6) is 1.19. The van der Waals surface area contributed by atoms with Gasteiger partial charge in [-0.15, -0.1) is 0 Å². The van der Waals surface area contributed by atoms with Gasteiger partial charge in [0.15, 0.2) is 0 Å². The van der Waals surface area contributed by atoms with E-state index >= 15 is 0 Å². The summed E-state index contributed by atoms with van der Waals surface area (Å²) in [5, 5.41) is 10.1. The van der Waals surface area contributed by atoms with Crippen molar-refractivity contribution < 1.29 is 5.11 Å². The lowest BCUT2D eigenvalue weighted by Crippen LogP contribution is -1.98. The van der Waals surface area contributed by atoms with Crippen LogP contribution in [0.5, 0.6) is 5.75 Å². The van der Waals surface area contributed by atoms with Crippen molar-refractivity contribution in [2.24, 2.45) is 0 Å². The Morgan fingerprint density at radius 3 is 2.17 bits per heavy atom. The summed E-state index contributed by atoms with van der Waals surface area (Å²) in [6, 6.07) is 22.3. The van der Waals surface area contributed by atoms with E-state index in [1.165, 1.54) is 0 Å². The molecule has 0 saturated carbocycles. The predicted octanol–water partition coefficient (Wildman–Crippen LogP) is 5.61. The van der Waals surface area contributed by atoms with Crippen LogP contribution in [0.25, 0.3) is 28.1 Å². The quantitative estimate of drug-likeness (QED) is 0.338. The number of hydrogen-bond donors (Lipinski definition) is 1. The largest absolute Gasteiger partial charge is 0.506 e. The van der Waals surface area contributed by atoms with Crippen LogP contribution in [0, 0.1) is 7.14 Å². The second-order valence-corrected chi connectivity index (χ2v) is 7.71. The number of halogens is 2. The summed E-state index contributed by atoms with van der Waals surface area (Å²) >= 11 is 4.31. The van der Waals surface area contributed by atoms with Gasteiger partial charge in [-0.1, -0.05) is 30.3 Å². The fraction of sp³-hybridized carbons (Fsp3) is 0. The van der Waals surface area contributed by atoms with Gasteiger partial charge in [0.25, 0.3) is 0 Å². The summed E-state index contributed by atoms with van der Waals surface area (Å²) in [5.41, 5.74) is 4.08. The first-order valence-electron chi connectivity index (χ1n) is 7.36. The van der Waals surface area contributed by atoms with Crippen molar-refractivity contribution in [1.29, 1.82) is 0 Å². The lowest BCUT2D eigenvalue weighted by atomic mass is 10.2. The average molecular weight is 538 g/mol. The van der Waals surface area contributed by atoms with Crippen LogP contribution < -0.4 is 0 Å². The Morgan fingerprint density at radius 1 is 0.833 bits per heavy atom. The number of rotatable bonds is 2. The van der Waals surface area contributed by atoms with Crippen LogP contribution in [0.15, 0.2) is 66.7 Å². The standard InChI is InChI=1S/C19H12I2N2O/c20-14-10-12(11-15(21)18(14)24)19-22-16-8-4-5-9-17(16)23(19)13-6-2-1-3-7-13/h1-11,24H. The molecule has 0 bridgehead atoms. The van der Waals surface area contributed by atoms with Crippen molar-refractivity contribution in [2.45, 2.75) is 0 Å². The smallest absolute Gasteiger partial charge is 0.145 e. The number of phenolic OH excluding ortho intramolecular Hbond substituents is 1. The summed E-state index contributed by atoms with van der Waals surface area (Å²) in [6.07, 6.45) is 0. The maximum Gasteiger partial charge on any atom is 0.145 e. The van der Waals surface area contributed by atoms with E-state index in [1.54, 1.807) is 0 Å². The molecule has 0 aliphatic rings. The van der Waals surface area contributed by atoms with Crippen LogP contribution in [0.1, 0.15) is 0 Å². The maximum atomic E-state index is 10.1. The molecule has 4 aromatic rings. The Hall–Kier alpha value is -1.61. The highest BCUT2D eigenvalue weighted by Crippen LogP contribution is 2.34. The fourth-order valence-electron chi connectivity index (χ4n) is 2.75. The highest BCUT2D eigenvalue weighted by molar-refractivity contribution is 14.1. The number of nitrogens with zero attached hydrogens (tertiary/aromatic N) is 2. The fourth-order valence-corrected chi connectivity index (χ4v) is 4.52. The molecule has 1 N–H and O–H groups in total. The molecule has 0 spiro atoms. The zero-order valence-electron chi connectivity index (χ0n) is 12.4. The molecule has 0 radical (unpaired) electrons. The summed E-state index contributed by atoms with van der Waals surface area (Å²) in [7, 11) is 0. The minimum absolute atomic E-state index is 0.322. The van der Waals surface area contributed by atoms with Crippen molar-refractivity contribution in [2.75, 3.05) is 0 Å². The zero-order chi connectivity index (χ0) is 16.7. The SMILES string of the molecule is Oc1c(I)cc(-c2nc3ccccc3n2-c2ccccc2)cc1I. The number of hydrogen-bond acceptors (Lipinski definition) is 2. The Balaban J connectivity index is 2.06. The van der Waals surface area contributed by atoms with Gasteiger partial charge in [-0.25, -0.2) is 4.98 Å². The first-order valence-corrected chi connectivity index (χ1v) is 9.52. The van der Waals surface area contributed by atoms with Gasteiger partial charge < -0.3 is 5.11 Å². The highest BCUT2D eigenvalue weighted by Gasteiger charge is 2.16. The van der Waals surface area contributed by atoms with Gasteiger partial charge in [0.2, 0.25) is 0 Å². The molecule has 0 fully saturated rings. The van der Waals surface area contributed by atoms with Crippen LogP contribution in [-0.4, -0.2) is 14.7 Å². The van der Waals surface area contributed by atoms with E-state index in [1.807, 2.05) is 48.5 Å². The monoisotopic (exact) mass is 538 g/mol. The summed E-state index contributed by atoms with van der Waals surface area (Å²) in [6.45, 7) is 0. The summed E-state index contributed by atoms with van der Waals surface area (Å²) in [4.78, 5) is 4.85. The molecule has 0 aliphatic carbocycles. The topological polar surface area (TPSA) is 38.1 Å². The number of aromatic nitrogens is 2. The van der Waals surface area contributed by atoms with E-state index < -0.39 is 0 Å². The van der Waals surface area contributed by atoms with Crippen molar-refractivity contribution in [1.82, 2.24) is 9.55 Å². The number of phenols is 1. The molecule has 1 aromatic heterocycles. The molecule has 118 valence electrons. The van der Waals surface area contributed by atoms with Crippen molar-refractivity contribution in [3.8, 4) is 22.8 Å². The first kappa shape index (κ1) is 15.9. The third-order valence-corrected chi connectivity index (χ3v) is 5.49. The molecule has 24 heavy (non-hydrogen) atoms. The lowest BCUT2D eigenvalue weighted by molar-refractivity contribution is 0.467. The second kappa shape index (κ2) is 6.36. The van der Waals surface area contributed by atoms with Crippen molar-refractivity contribution in [3.63, 3.8) is 0 Å². The van der Waals surface area contributed by atoms with Crippen LogP contribution in [0.2, 0.25) is 0 Å². The van der Waals surface area contributed by atoms with Gasteiger partial charge in [-0.2, -0.15) is 0 Å². The molecule has 0 atom stereocenters. The molecule has 1 heterocycles. The van der Waals surface area contributed by atoms with E-state index in [9.17, 15) is 5.11 Å². The van der Waals surface area contributed by atoms with Gasteiger partial charge in [0.05, 0.1) is 18.2 Å². The zero-order valence-corrected chi connectivity index (χ0v) is 16.8. The number of para-hydroxylation sites is 3. The van der Waals surface area contributed by atoms with E-state index in [4.69, 9.17) is 4.98 Å². The van der Waals surface area contributed by atoms with Crippen LogP contribution in [0.4, 0.5) is 0 Å².